The molecule has 1 aromatic heterocycles. The van der Waals surface area contributed by atoms with Crippen LogP contribution >= 0.6 is 0 Å². The Morgan fingerprint density at radius 3 is 2.50 bits per heavy atom. The fourth-order valence-electron chi connectivity index (χ4n) is 1.53. The average Bonchev–Trinajstić information content (AvgIpc) is 2.16. The summed E-state index contributed by atoms with van der Waals surface area (Å²) in [6.07, 6.45) is -2.31. The van der Waals surface area contributed by atoms with Crippen molar-refractivity contribution < 1.29 is 13.2 Å². The van der Waals surface area contributed by atoms with Crippen LogP contribution in [0, 0.1) is 6.92 Å². The number of halogens is 3. The third kappa shape index (κ3) is 4.64. The number of pyridine rings is 1. The van der Waals surface area contributed by atoms with E-state index in [0.717, 1.165) is 11.3 Å². The number of nitrogens with zero attached hydrogens (tertiary/aromatic N) is 1. The maximum Gasteiger partial charge on any atom is 0.389 e. The molecule has 1 heterocycles. The standard InChI is InChI=1S/C12H16F3N/c1-9-5-6-11(16-8-9)10(2)4-3-7-12(13,14)15/h5-6,8,10H,3-4,7H2,1-2H3. The Morgan fingerprint density at radius 1 is 1.31 bits per heavy atom. The Morgan fingerprint density at radius 2 is 2.00 bits per heavy atom. The molecule has 1 aromatic rings. The van der Waals surface area contributed by atoms with E-state index in [9.17, 15) is 13.2 Å². The highest BCUT2D eigenvalue weighted by atomic mass is 19.4. The molecular formula is C12H16F3N. The van der Waals surface area contributed by atoms with E-state index in [1.807, 2.05) is 26.0 Å². The highest BCUT2D eigenvalue weighted by Gasteiger charge is 2.26. The van der Waals surface area contributed by atoms with Gasteiger partial charge < -0.3 is 0 Å². The summed E-state index contributed by atoms with van der Waals surface area (Å²) in [5.41, 5.74) is 1.93. The molecule has 0 spiro atoms. The highest BCUT2D eigenvalue weighted by Crippen LogP contribution is 2.26. The van der Waals surface area contributed by atoms with Crippen LogP contribution in [0.5, 0.6) is 0 Å². The van der Waals surface area contributed by atoms with Crippen LogP contribution in [-0.2, 0) is 0 Å². The van der Waals surface area contributed by atoms with Crippen LogP contribution in [-0.4, -0.2) is 11.2 Å². The van der Waals surface area contributed by atoms with Crippen molar-refractivity contribution in [1.29, 1.82) is 0 Å². The Balaban J connectivity index is 2.41. The normalized spacial score (nSPS) is 13.8. The lowest BCUT2D eigenvalue weighted by molar-refractivity contribution is -0.135. The van der Waals surface area contributed by atoms with Crippen molar-refractivity contribution in [2.75, 3.05) is 0 Å². The number of aromatic nitrogens is 1. The first-order chi connectivity index (χ1) is 7.38. The number of aryl methyl sites for hydroxylation is 1. The molecule has 1 atom stereocenters. The van der Waals surface area contributed by atoms with Gasteiger partial charge >= 0.3 is 6.18 Å². The Labute approximate surface area is 93.7 Å². The van der Waals surface area contributed by atoms with E-state index in [-0.39, 0.29) is 12.3 Å². The van der Waals surface area contributed by atoms with Gasteiger partial charge in [-0.2, -0.15) is 13.2 Å². The van der Waals surface area contributed by atoms with Gasteiger partial charge in [-0.05, 0) is 37.3 Å². The molecule has 90 valence electrons. The van der Waals surface area contributed by atoms with Crippen molar-refractivity contribution in [2.45, 2.75) is 45.2 Å². The fraction of sp³-hybridized carbons (Fsp3) is 0.583. The summed E-state index contributed by atoms with van der Waals surface area (Å²) < 4.78 is 35.8. The zero-order chi connectivity index (χ0) is 12.2. The van der Waals surface area contributed by atoms with E-state index >= 15 is 0 Å². The molecule has 0 aliphatic heterocycles. The van der Waals surface area contributed by atoms with Crippen molar-refractivity contribution in [2.24, 2.45) is 0 Å². The Hall–Kier alpha value is -1.06. The molecule has 0 bridgehead atoms. The maximum absolute atomic E-state index is 11.9. The molecule has 0 radical (unpaired) electrons. The van der Waals surface area contributed by atoms with E-state index < -0.39 is 12.6 Å². The van der Waals surface area contributed by atoms with Crippen LogP contribution < -0.4 is 0 Å². The van der Waals surface area contributed by atoms with Crippen LogP contribution in [0.2, 0.25) is 0 Å². The number of hydrogen-bond donors (Lipinski definition) is 0. The number of hydrogen-bond acceptors (Lipinski definition) is 1. The van der Waals surface area contributed by atoms with Crippen LogP contribution in [0.25, 0.3) is 0 Å². The summed E-state index contributed by atoms with van der Waals surface area (Å²) in [4.78, 5) is 4.21. The number of alkyl halides is 3. The monoisotopic (exact) mass is 231 g/mol. The molecule has 0 saturated carbocycles. The minimum Gasteiger partial charge on any atom is -0.261 e. The second-order valence-electron chi connectivity index (χ2n) is 4.17. The SMILES string of the molecule is Cc1ccc(C(C)CCCC(F)(F)F)nc1. The van der Waals surface area contributed by atoms with Gasteiger partial charge in [0.2, 0.25) is 0 Å². The summed E-state index contributed by atoms with van der Waals surface area (Å²) in [6.45, 7) is 3.85. The van der Waals surface area contributed by atoms with Gasteiger partial charge in [0.1, 0.15) is 0 Å². The molecule has 1 unspecified atom stereocenters. The molecule has 0 fully saturated rings. The van der Waals surface area contributed by atoms with Crippen molar-refractivity contribution in [3.05, 3.63) is 29.6 Å². The molecular weight excluding hydrogens is 215 g/mol. The van der Waals surface area contributed by atoms with Crippen LogP contribution in [0.4, 0.5) is 13.2 Å². The minimum absolute atomic E-state index is 0.0861. The quantitative estimate of drug-likeness (QED) is 0.755. The van der Waals surface area contributed by atoms with Crippen LogP contribution in [0.15, 0.2) is 18.3 Å². The first-order valence-electron chi connectivity index (χ1n) is 5.38. The molecule has 0 aliphatic rings. The zero-order valence-corrected chi connectivity index (χ0v) is 9.51. The van der Waals surface area contributed by atoms with Crippen LogP contribution in [0.3, 0.4) is 0 Å². The molecule has 0 N–H and O–H groups in total. The van der Waals surface area contributed by atoms with Gasteiger partial charge in [0.05, 0.1) is 0 Å². The van der Waals surface area contributed by atoms with E-state index in [2.05, 4.69) is 4.98 Å². The van der Waals surface area contributed by atoms with Gasteiger partial charge in [0, 0.05) is 18.3 Å². The third-order valence-corrected chi connectivity index (χ3v) is 2.54. The zero-order valence-electron chi connectivity index (χ0n) is 9.51. The summed E-state index contributed by atoms with van der Waals surface area (Å²) in [5.74, 6) is 0.0861. The van der Waals surface area contributed by atoms with Crippen molar-refractivity contribution in [3.63, 3.8) is 0 Å². The molecule has 1 nitrogen and oxygen atoms in total. The van der Waals surface area contributed by atoms with E-state index in [4.69, 9.17) is 0 Å². The molecule has 16 heavy (non-hydrogen) atoms. The van der Waals surface area contributed by atoms with E-state index in [0.29, 0.717) is 6.42 Å². The summed E-state index contributed by atoms with van der Waals surface area (Å²) in [5, 5.41) is 0. The van der Waals surface area contributed by atoms with Crippen molar-refractivity contribution >= 4 is 0 Å². The summed E-state index contributed by atoms with van der Waals surface area (Å²) in [6, 6.07) is 3.82. The van der Waals surface area contributed by atoms with Crippen molar-refractivity contribution in [3.8, 4) is 0 Å². The second-order valence-corrected chi connectivity index (χ2v) is 4.17. The summed E-state index contributed by atoms with van der Waals surface area (Å²) in [7, 11) is 0. The molecule has 0 saturated heterocycles. The molecule has 4 heteroatoms. The number of rotatable bonds is 4. The second kappa shape index (κ2) is 5.32. The molecule has 0 aromatic carbocycles. The largest absolute Gasteiger partial charge is 0.389 e. The maximum atomic E-state index is 11.9. The predicted octanol–water partition coefficient (Wildman–Crippen LogP) is 4.23. The van der Waals surface area contributed by atoms with Gasteiger partial charge in [0.25, 0.3) is 0 Å². The molecule has 1 rings (SSSR count). The minimum atomic E-state index is -4.04. The first kappa shape index (κ1) is 13.0. The average molecular weight is 231 g/mol. The van der Waals surface area contributed by atoms with E-state index in [1.54, 1.807) is 6.20 Å². The smallest absolute Gasteiger partial charge is 0.261 e. The summed E-state index contributed by atoms with van der Waals surface area (Å²) >= 11 is 0. The van der Waals surface area contributed by atoms with Gasteiger partial charge in [-0.25, -0.2) is 0 Å². The fourth-order valence-corrected chi connectivity index (χ4v) is 1.53. The Bertz CT molecular complexity index is 316. The van der Waals surface area contributed by atoms with Gasteiger partial charge in [-0.3, -0.25) is 4.98 Å². The molecule has 0 aliphatic carbocycles. The lowest BCUT2D eigenvalue weighted by Gasteiger charge is -2.12. The molecule has 0 amide bonds. The first-order valence-corrected chi connectivity index (χ1v) is 5.38. The Kier molecular flexibility index (Phi) is 4.33. The van der Waals surface area contributed by atoms with Gasteiger partial charge in [-0.1, -0.05) is 13.0 Å². The third-order valence-electron chi connectivity index (χ3n) is 2.54. The van der Waals surface area contributed by atoms with Crippen molar-refractivity contribution in [1.82, 2.24) is 4.98 Å². The predicted molar refractivity (Wildman–Crippen MR) is 57.3 cm³/mol. The van der Waals surface area contributed by atoms with Crippen LogP contribution in [0.1, 0.15) is 43.4 Å². The topological polar surface area (TPSA) is 12.9 Å². The van der Waals surface area contributed by atoms with Gasteiger partial charge in [0.15, 0.2) is 0 Å². The lowest BCUT2D eigenvalue weighted by Crippen LogP contribution is -2.07. The van der Waals surface area contributed by atoms with Gasteiger partial charge in [-0.15, -0.1) is 0 Å². The highest BCUT2D eigenvalue weighted by molar-refractivity contribution is 5.14. The lowest BCUT2D eigenvalue weighted by atomic mass is 9.99. The van der Waals surface area contributed by atoms with E-state index in [1.165, 1.54) is 0 Å².